The molecule has 1 fully saturated rings. The molecule has 94 valence electrons. The van der Waals surface area contributed by atoms with Crippen molar-refractivity contribution in [3.05, 3.63) is 17.5 Å². The molecule has 1 aliphatic rings. The number of carbonyl (C=O) groups excluding carboxylic acids is 1. The van der Waals surface area contributed by atoms with E-state index in [0.717, 1.165) is 31.5 Å². The Morgan fingerprint density at radius 2 is 2.18 bits per heavy atom. The van der Waals surface area contributed by atoms with Gasteiger partial charge >= 0.3 is 0 Å². The molecule has 0 atom stereocenters. The molecule has 1 aliphatic carbocycles. The molecule has 0 aliphatic heterocycles. The fraction of sp³-hybridized carbons (Fsp3) is 0.714. The molecule has 0 saturated heterocycles. The summed E-state index contributed by atoms with van der Waals surface area (Å²) >= 11 is 0. The van der Waals surface area contributed by atoms with Gasteiger partial charge in [-0.05, 0) is 39.2 Å². The number of hydrogen-bond acceptors (Lipinski definition) is 2. The summed E-state index contributed by atoms with van der Waals surface area (Å²) in [4.78, 5) is 12.0. The molecule has 1 aromatic rings. The van der Waals surface area contributed by atoms with Gasteiger partial charge in [0.2, 0.25) is 0 Å². The lowest BCUT2D eigenvalue weighted by atomic mass is 9.98. The van der Waals surface area contributed by atoms with Gasteiger partial charge in [-0.2, -0.15) is 5.10 Å². The largest absolute Gasteiger partial charge is 0.299 e. The quantitative estimate of drug-likeness (QED) is 0.785. The summed E-state index contributed by atoms with van der Waals surface area (Å²) in [6.07, 6.45) is 6.25. The van der Waals surface area contributed by atoms with Gasteiger partial charge in [0.25, 0.3) is 0 Å². The maximum Gasteiger partial charge on any atom is 0.136 e. The van der Waals surface area contributed by atoms with Crippen LogP contribution in [0.5, 0.6) is 0 Å². The van der Waals surface area contributed by atoms with Gasteiger partial charge in [0.05, 0.1) is 5.69 Å². The van der Waals surface area contributed by atoms with Gasteiger partial charge in [0.1, 0.15) is 5.78 Å². The van der Waals surface area contributed by atoms with E-state index in [0.29, 0.717) is 18.1 Å². The molecule has 0 unspecified atom stereocenters. The van der Waals surface area contributed by atoms with Crippen LogP contribution in [-0.4, -0.2) is 15.6 Å². The summed E-state index contributed by atoms with van der Waals surface area (Å²) in [5.41, 5.74) is 2.26. The zero-order chi connectivity index (χ0) is 12.3. The minimum atomic E-state index is 0.356. The lowest BCUT2D eigenvalue weighted by molar-refractivity contribution is -0.122. The molecule has 0 N–H and O–H groups in total. The molecule has 1 heterocycles. The first-order valence-electron chi connectivity index (χ1n) is 6.76. The third-order valence-corrected chi connectivity index (χ3v) is 3.72. The predicted octanol–water partition coefficient (Wildman–Crippen LogP) is 2.90. The Morgan fingerprint density at radius 3 is 2.82 bits per heavy atom. The topological polar surface area (TPSA) is 34.9 Å². The summed E-state index contributed by atoms with van der Waals surface area (Å²) in [5.74, 6) is 0.818. The van der Waals surface area contributed by atoms with Crippen molar-refractivity contribution in [2.75, 3.05) is 0 Å². The van der Waals surface area contributed by atoms with E-state index in [1.807, 2.05) is 11.6 Å². The van der Waals surface area contributed by atoms with Crippen molar-refractivity contribution in [2.24, 2.45) is 5.92 Å². The fourth-order valence-electron chi connectivity index (χ4n) is 2.78. The Morgan fingerprint density at radius 1 is 1.47 bits per heavy atom. The average Bonchev–Trinajstić information content (AvgIpc) is 2.94. The SMILES string of the molecule is CCn1nc(C)cc1CCC(=O)C1CCCC1. The van der Waals surface area contributed by atoms with Crippen LogP contribution in [0.3, 0.4) is 0 Å². The summed E-state index contributed by atoms with van der Waals surface area (Å²) < 4.78 is 2.01. The third kappa shape index (κ3) is 2.96. The number of aryl methyl sites for hydroxylation is 3. The minimum Gasteiger partial charge on any atom is -0.299 e. The maximum absolute atomic E-state index is 12.0. The molecule has 0 amide bonds. The summed E-state index contributed by atoms with van der Waals surface area (Å²) in [6.45, 7) is 4.99. The van der Waals surface area contributed by atoms with Crippen molar-refractivity contribution in [1.29, 1.82) is 0 Å². The van der Waals surface area contributed by atoms with E-state index in [1.54, 1.807) is 0 Å². The molecule has 0 bridgehead atoms. The molecule has 17 heavy (non-hydrogen) atoms. The highest BCUT2D eigenvalue weighted by atomic mass is 16.1. The number of ketones is 1. The van der Waals surface area contributed by atoms with Gasteiger partial charge in [-0.3, -0.25) is 9.48 Å². The van der Waals surface area contributed by atoms with Crippen LogP contribution in [0.15, 0.2) is 6.07 Å². The standard InChI is InChI=1S/C14H22N2O/c1-3-16-13(10-11(2)15-16)8-9-14(17)12-6-4-5-7-12/h10,12H,3-9H2,1-2H3. The van der Waals surface area contributed by atoms with Gasteiger partial charge in [-0.15, -0.1) is 0 Å². The van der Waals surface area contributed by atoms with Gasteiger partial charge in [0.15, 0.2) is 0 Å². The lowest BCUT2D eigenvalue weighted by Crippen LogP contribution is -2.13. The van der Waals surface area contributed by atoms with Gasteiger partial charge in [-0.1, -0.05) is 12.8 Å². The van der Waals surface area contributed by atoms with E-state index in [1.165, 1.54) is 18.5 Å². The summed E-state index contributed by atoms with van der Waals surface area (Å²) in [5, 5.41) is 4.41. The van der Waals surface area contributed by atoms with Crippen LogP contribution in [0.25, 0.3) is 0 Å². The monoisotopic (exact) mass is 234 g/mol. The number of nitrogens with zero attached hydrogens (tertiary/aromatic N) is 2. The molecular weight excluding hydrogens is 212 g/mol. The van der Waals surface area contributed by atoms with Crippen LogP contribution in [0.4, 0.5) is 0 Å². The van der Waals surface area contributed by atoms with Crippen molar-refractivity contribution in [1.82, 2.24) is 9.78 Å². The predicted molar refractivity (Wildman–Crippen MR) is 67.9 cm³/mol. The second-order valence-corrected chi connectivity index (χ2v) is 5.04. The van der Waals surface area contributed by atoms with Crippen molar-refractivity contribution in [3.8, 4) is 0 Å². The van der Waals surface area contributed by atoms with Gasteiger partial charge < -0.3 is 0 Å². The van der Waals surface area contributed by atoms with E-state index in [2.05, 4.69) is 18.1 Å². The highest BCUT2D eigenvalue weighted by Gasteiger charge is 2.22. The lowest BCUT2D eigenvalue weighted by Gasteiger charge is -2.08. The minimum absolute atomic E-state index is 0.356. The van der Waals surface area contributed by atoms with Crippen LogP contribution in [0.2, 0.25) is 0 Å². The zero-order valence-corrected chi connectivity index (χ0v) is 10.9. The van der Waals surface area contributed by atoms with Crippen LogP contribution in [0, 0.1) is 12.8 Å². The van der Waals surface area contributed by atoms with Gasteiger partial charge in [0, 0.05) is 24.6 Å². The average molecular weight is 234 g/mol. The summed E-state index contributed by atoms with van der Waals surface area (Å²) in [6, 6.07) is 2.10. The Labute approximate surface area is 103 Å². The smallest absolute Gasteiger partial charge is 0.136 e. The van der Waals surface area contributed by atoms with E-state index >= 15 is 0 Å². The zero-order valence-electron chi connectivity index (χ0n) is 10.9. The Hall–Kier alpha value is -1.12. The number of rotatable bonds is 5. The molecule has 1 aromatic heterocycles. The Bertz CT molecular complexity index is 389. The molecule has 1 saturated carbocycles. The molecule has 0 spiro atoms. The van der Waals surface area contributed by atoms with Crippen molar-refractivity contribution >= 4 is 5.78 Å². The van der Waals surface area contributed by atoms with Crippen LogP contribution in [0.1, 0.15) is 50.4 Å². The van der Waals surface area contributed by atoms with Crippen LogP contribution >= 0.6 is 0 Å². The van der Waals surface area contributed by atoms with Crippen LogP contribution in [-0.2, 0) is 17.8 Å². The number of aromatic nitrogens is 2. The number of carbonyl (C=O) groups is 1. The second-order valence-electron chi connectivity index (χ2n) is 5.04. The number of hydrogen-bond donors (Lipinski definition) is 0. The van der Waals surface area contributed by atoms with E-state index in [4.69, 9.17) is 0 Å². The molecule has 0 radical (unpaired) electrons. The summed E-state index contributed by atoms with van der Waals surface area (Å²) in [7, 11) is 0. The highest BCUT2D eigenvalue weighted by molar-refractivity contribution is 5.81. The molecule has 2 rings (SSSR count). The molecule has 3 heteroatoms. The second kappa shape index (κ2) is 5.48. The first-order valence-corrected chi connectivity index (χ1v) is 6.76. The Kier molecular flexibility index (Phi) is 3.97. The van der Waals surface area contributed by atoms with Gasteiger partial charge in [-0.25, -0.2) is 0 Å². The Balaban J connectivity index is 1.90. The molecule has 0 aromatic carbocycles. The van der Waals surface area contributed by atoms with E-state index in [9.17, 15) is 4.79 Å². The number of Topliss-reactive ketones (excluding diaryl/α,β-unsaturated/α-hetero) is 1. The molecular formula is C14H22N2O. The first kappa shape index (κ1) is 12.3. The third-order valence-electron chi connectivity index (χ3n) is 3.72. The fourth-order valence-corrected chi connectivity index (χ4v) is 2.78. The van der Waals surface area contributed by atoms with Crippen molar-refractivity contribution in [3.63, 3.8) is 0 Å². The van der Waals surface area contributed by atoms with Crippen molar-refractivity contribution < 1.29 is 4.79 Å². The van der Waals surface area contributed by atoms with E-state index in [-0.39, 0.29) is 0 Å². The van der Waals surface area contributed by atoms with Crippen molar-refractivity contribution in [2.45, 2.75) is 58.9 Å². The normalized spacial score (nSPS) is 16.6. The van der Waals surface area contributed by atoms with Crippen LogP contribution < -0.4 is 0 Å². The maximum atomic E-state index is 12.0. The first-order chi connectivity index (χ1) is 8.20. The molecule has 3 nitrogen and oxygen atoms in total. The van der Waals surface area contributed by atoms with E-state index < -0.39 is 0 Å². The highest BCUT2D eigenvalue weighted by Crippen LogP contribution is 2.26.